The van der Waals surface area contributed by atoms with Gasteiger partial charge in [0.1, 0.15) is 19.1 Å². The highest BCUT2D eigenvalue weighted by molar-refractivity contribution is 6.38. The van der Waals surface area contributed by atoms with Gasteiger partial charge in [-0.3, -0.25) is 4.98 Å². The first-order chi connectivity index (χ1) is 6.33. The van der Waals surface area contributed by atoms with E-state index in [-0.39, 0.29) is 0 Å². The Morgan fingerprint density at radius 2 is 2.15 bits per heavy atom. The Labute approximate surface area is 78.0 Å². The highest BCUT2D eigenvalue weighted by Gasteiger charge is 2.02. The number of pyridine rings is 1. The van der Waals surface area contributed by atoms with E-state index in [2.05, 4.69) is 4.98 Å². The number of aromatic nitrogens is 1. The number of ether oxygens (including phenoxy) is 1. The molecular formula is C10H8BNO. The van der Waals surface area contributed by atoms with Gasteiger partial charge < -0.3 is 4.74 Å². The molecule has 2 radical (unpaired) electrons. The van der Waals surface area contributed by atoms with Crippen molar-refractivity contribution in [3.63, 3.8) is 0 Å². The fourth-order valence-electron chi connectivity index (χ4n) is 1.34. The predicted molar refractivity (Wildman–Crippen MR) is 53.7 cm³/mol. The maximum atomic E-state index is 5.78. The molecule has 0 unspecified atom stereocenters. The van der Waals surface area contributed by atoms with Crippen molar-refractivity contribution >= 4 is 24.2 Å². The van der Waals surface area contributed by atoms with Crippen LogP contribution in [0.4, 0.5) is 0 Å². The predicted octanol–water partition coefficient (Wildman–Crippen LogP) is 1.04. The van der Waals surface area contributed by atoms with Crippen molar-refractivity contribution in [3.8, 4) is 5.75 Å². The lowest BCUT2D eigenvalue weighted by Crippen LogP contribution is -2.04. The van der Waals surface area contributed by atoms with E-state index < -0.39 is 0 Å². The molecule has 1 heterocycles. The maximum absolute atomic E-state index is 5.78. The van der Waals surface area contributed by atoms with E-state index in [1.165, 1.54) is 0 Å². The van der Waals surface area contributed by atoms with E-state index in [1.54, 1.807) is 19.4 Å². The Balaban J connectivity index is 2.84. The van der Waals surface area contributed by atoms with Crippen LogP contribution in [-0.2, 0) is 0 Å². The molecule has 2 rings (SSSR count). The van der Waals surface area contributed by atoms with Crippen molar-refractivity contribution in [1.29, 1.82) is 0 Å². The normalized spacial score (nSPS) is 10.2. The molecule has 0 aliphatic carbocycles. The number of benzene rings is 1. The minimum absolute atomic E-state index is 0.726. The molecule has 13 heavy (non-hydrogen) atoms. The summed E-state index contributed by atoms with van der Waals surface area (Å²) in [4.78, 5) is 4.21. The number of rotatable bonds is 1. The van der Waals surface area contributed by atoms with Gasteiger partial charge in [-0.2, -0.15) is 0 Å². The molecule has 0 atom stereocenters. The van der Waals surface area contributed by atoms with Crippen LogP contribution in [0.5, 0.6) is 5.75 Å². The van der Waals surface area contributed by atoms with E-state index in [4.69, 9.17) is 12.6 Å². The van der Waals surface area contributed by atoms with E-state index in [1.807, 2.05) is 18.2 Å². The molecule has 1 aromatic heterocycles. The summed E-state index contributed by atoms with van der Waals surface area (Å²) in [5.41, 5.74) is 1.54. The number of hydrogen-bond acceptors (Lipinski definition) is 2. The summed E-state index contributed by atoms with van der Waals surface area (Å²) < 4.78 is 5.16. The zero-order valence-corrected chi connectivity index (χ0v) is 7.32. The fourth-order valence-corrected chi connectivity index (χ4v) is 1.34. The van der Waals surface area contributed by atoms with E-state index in [0.29, 0.717) is 0 Å². The summed E-state index contributed by atoms with van der Waals surface area (Å²) in [6.45, 7) is 0. The van der Waals surface area contributed by atoms with Gasteiger partial charge in [0.2, 0.25) is 0 Å². The van der Waals surface area contributed by atoms with E-state index >= 15 is 0 Å². The molecule has 2 aromatic rings. The van der Waals surface area contributed by atoms with Crippen LogP contribution in [0, 0.1) is 0 Å². The molecule has 0 saturated heterocycles. The lowest BCUT2D eigenvalue weighted by molar-refractivity contribution is 0.419. The van der Waals surface area contributed by atoms with Gasteiger partial charge in [-0.25, -0.2) is 0 Å². The highest BCUT2D eigenvalue weighted by Crippen LogP contribution is 2.20. The van der Waals surface area contributed by atoms with Gasteiger partial charge in [0.25, 0.3) is 0 Å². The van der Waals surface area contributed by atoms with E-state index in [9.17, 15) is 0 Å². The molecule has 3 heteroatoms. The molecule has 0 amide bonds. The number of para-hydroxylation sites is 1. The average Bonchev–Trinajstić information content (AvgIpc) is 2.18. The molecule has 0 aliphatic heterocycles. The molecule has 2 nitrogen and oxygen atoms in total. The van der Waals surface area contributed by atoms with Crippen molar-refractivity contribution in [1.82, 2.24) is 4.98 Å². The molecule has 0 bridgehead atoms. The van der Waals surface area contributed by atoms with Crippen molar-refractivity contribution in [2.45, 2.75) is 0 Å². The van der Waals surface area contributed by atoms with Crippen LogP contribution in [0.3, 0.4) is 0 Å². The third-order valence-corrected chi connectivity index (χ3v) is 1.99. The Kier molecular flexibility index (Phi) is 1.93. The first kappa shape index (κ1) is 8.11. The molecule has 0 saturated carbocycles. The molecule has 0 spiro atoms. The summed E-state index contributed by atoms with van der Waals surface area (Å²) in [7, 11) is 7.41. The summed E-state index contributed by atoms with van der Waals surface area (Å²) in [5, 5.41) is 0.932. The minimum Gasteiger partial charge on any atom is -0.494 e. The van der Waals surface area contributed by atoms with Gasteiger partial charge in [-0.1, -0.05) is 23.7 Å². The fraction of sp³-hybridized carbons (Fsp3) is 0.100. The van der Waals surface area contributed by atoms with Gasteiger partial charge in [-0.05, 0) is 11.5 Å². The molecule has 0 aliphatic rings. The van der Waals surface area contributed by atoms with E-state index in [0.717, 1.165) is 22.1 Å². The van der Waals surface area contributed by atoms with Crippen molar-refractivity contribution in [2.24, 2.45) is 0 Å². The summed E-state index contributed by atoms with van der Waals surface area (Å²) in [6.07, 6.45) is 1.68. The van der Waals surface area contributed by atoms with Crippen molar-refractivity contribution in [2.75, 3.05) is 7.11 Å². The van der Waals surface area contributed by atoms with Crippen LogP contribution in [0.25, 0.3) is 10.9 Å². The lowest BCUT2D eigenvalue weighted by Gasteiger charge is -2.05. The highest BCUT2D eigenvalue weighted by atomic mass is 16.5. The largest absolute Gasteiger partial charge is 0.494 e. The lowest BCUT2D eigenvalue weighted by atomic mass is 9.92. The molecule has 62 valence electrons. The van der Waals surface area contributed by atoms with Crippen LogP contribution in [0.15, 0.2) is 30.5 Å². The van der Waals surface area contributed by atoms with Crippen LogP contribution < -0.4 is 10.2 Å². The second kappa shape index (κ2) is 3.09. The average molecular weight is 169 g/mol. The quantitative estimate of drug-likeness (QED) is 0.595. The maximum Gasteiger partial charge on any atom is 0.145 e. The summed E-state index contributed by atoms with van der Waals surface area (Å²) in [6, 6.07) is 7.48. The zero-order valence-electron chi connectivity index (χ0n) is 7.32. The Morgan fingerprint density at radius 1 is 1.31 bits per heavy atom. The van der Waals surface area contributed by atoms with Crippen LogP contribution >= 0.6 is 0 Å². The van der Waals surface area contributed by atoms with Gasteiger partial charge in [0.05, 0.1) is 7.11 Å². The number of fused-ring (bicyclic) bond motifs is 1. The minimum atomic E-state index is 0.726. The molecular weight excluding hydrogens is 161 g/mol. The standard InChI is InChI=1S/C10H8BNO/c1-13-9-4-2-3-7-8(11)5-6-12-10(7)9/h2-6H,1H3. The molecule has 0 fully saturated rings. The Hall–Kier alpha value is -1.51. The summed E-state index contributed by atoms with van der Waals surface area (Å²) >= 11 is 0. The second-order valence-electron chi connectivity index (χ2n) is 2.76. The third kappa shape index (κ3) is 1.26. The molecule has 1 aromatic carbocycles. The number of methoxy groups -OCH3 is 1. The van der Waals surface area contributed by atoms with Crippen LogP contribution in [-0.4, -0.2) is 19.9 Å². The van der Waals surface area contributed by atoms with Crippen molar-refractivity contribution in [3.05, 3.63) is 30.5 Å². The van der Waals surface area contributed by atoms with Gasteiger partial charge in [-0.15, -0.1) is 0 Å². The topological polar surface area (TPSA) is 22.1 Å². The Morgan fingerprint density at radius 3 is 2.92 bits per heavy atom. The summed E-state index contributed by atoms with van der Waals surface area (Å²) in [5.74, 6) is 0.754. The first-order valence-corrected chi connectivity index (χ1v) is 4.00. The SMILES string of the molecule is [B]c1ccnc2c(OC)cccc12. The van der Waals surface area contributed by atoms with Gasteiger partial charge in [0.15, 0.2) is 0 Å². The van der Waals surface area contributed by atoms with Gasteiger partial charge >= 0.3 is 0 Å². The molecule has 0 N–H and O–H groups in total. The van der Waals surface area contributed by atoms with Crippen LogP contribution in [0.1, 0.15) is 0 Å². The monoisotopic (exact) mass is 169 g/mol. The Bertz CT molecular complexity index is 442. The van der Waals surface area contributed by atoms with Gasteiger partial charge in [0, 0.05) is 6.20 Å². The van der Waals surface area contributed by atoms with Crippen molar-refractivity contribution < 1.29 is 4.74 Å². The first-order valence-electron chi connectivity index (χ1n) is 4.00. The smallest absolute Gasteiger partial charge is 0.145 e. The van der Waals surface area contributed by atoms with Crippen LogP contribution in [0.2, 0.25) is 0 Å². The third-order valence-electron chi connectivity index (χ3n) is 1.99. The zero-order chi connectivity index (χ0) is 9.26. The number of nitrogens with zero attached hydrogens (tertiary/aromatic N) is 1. The number of hydrogen-bond donors (Lipinski definition) is 0. The second-order valence-corrected chi connectivity index (χ2v) is 2.76.